The Morgan fingerprint density at radius 2 is 2.35 bits per heavy atom. The highest BCUT2D eigenvalue weighted by molar-refractivity contribution is 9.11. The van der Waals surface area contributed by atoms with E-state index in [2.05, 4.69) is 31.5 Å². The van der Waals surface area contributed by atoms with Crippen LogP contribution in [0, 0.1) is 0 Å². The van der Waals surface area contributed by atoms with Gasteiger partial charge in [0.15, 0.2) is 0 Å². The summed E-state index contributed by atoms with van der Waals surface area (Å²) in [6.07, 6.45) is 1.63. The predicted octanol–water partition coefficient (Wildman–Crippen LogP) is 3.23. The van der Waals surface area contributed by atoms with Gasteiger partial charge >= 0.3 is 6.03 Å². The van der Waals surface area contributed by atoms with E-state index in [-0.39, 0.29) is 6.03 Å². The molecule has 2 amide bonds. The Hall–Kier alpha value is -1.40. The van der Waals surface area contributed by atoms with Gasteiger partial charge in [-0.3, -0.25) is 5.32 Å². The molecular formula is C11H10BrN3OS. The van der Waals surface area contributed by atoms with Gasteiger partial charge in [0.1, 0.15) is 5.82 Å². The Morgan fingerprint density at radius 3 is 3.00 bits per heavy atom. The number of halogens is 1. The van der Waals surface area contributed by atoms with Gasteiger partial charge in [0.2, 0.25) is 0 Å². The molecule has 0 spiro atoms. The molecule has 2 N–H and O–H groups in total. The van der Waals surface area contributed by atoms with Gasteiger partial charge in [0.25, 0.3) is 0 Å². The number of aromatic nitrogens is 1. The fourth-order valence-electron chi connectivity index (χ4n) is 1.22. The minimum absolute atomic E-state index is 0.258. The maximum atomic E-state index is 11.5. The highest BCUT2D eigenvalue weighted by Gasteiger charge is 2.02. The fraction of sp³-hybridized carbons (Fsp3) is 0.0909. The first kappa shape index (κ1) is 12.1. The summed E-state index contributed by atoms with van der Waals surface area (Å²) in [6, 6.07) is 7.07. The second-order valence-corrected chi connectivity index (χ2v) is 5.57. The van der Waals surface area contributed by atoms with E-state index in [0.29, 0.717) is 12.4 Å². The summed E-state index contributed by atoms with van der Waals surface area (Å²) in [6.45, 7) is 0.501. The number of carbonyl (C=O) groups excluding carboxylic acids is 1. The van der Waals surface area contributed by atoms with Crippen LogP contribution >= 0.6 is 27.3 Å². The third-order valence-corrected chi connectivity index (χ3v) is 3.53. The number of hydrogen-bond acceptors (Lipinski definition) is 3. The summed E-state index contributed by atoms with van der Waals surface area (Å²) >= 11 is 4.97. The number of nitrogens with one attached hydrogen (secondary N) is 2. The molecule has 0 aliphatic rings. The average molecular weight is 312 g/mol. The highest BCUT2D eigenvalue weighted by Crippen LogP contribution is 2.20. The number of nitrogens with zero attached hydrogens (tertiary/aromatic N) is 1. The lowest BCUT2D eigenvalue weighted by Crippen LogP contribution is -2.28. The summed E-state index contributed by atoms with van der Waals surface area (Å²) in [5.41, 5.74) is 1.07. The Kier molecular flexibility index (Phi) is 4.11. The maximum Gasteiger partial charge on any atom is 0.320 e. The van der Waals surface area contributed by atoms with E-state index in [1.165, 1.54) is 0 Å². The third kappa shape index (κ3) is 3.83. The van der Waals surface area contributed by atoms with Gasteiger partial charge in [-0.25, -0.2) is 9.78 Å². The molecule has 0 bridgehead atoms. The minimum Gasteiger partial charge on any atom is -0.334 e. The molecule has 0 aliphatic carbocycles. The van der Waals surface area contributed by atoms with E-state index in [1.807, 2.05) is 17.5 Å². The summed E-state index contributed by atoms with van der Waals surface area (Å²) in [7, 11) is 0. The molecule has 0 saturated heterocycles. The van der Waals surface area contributed by atoms with Crippen molar-refractivity contribution in [2.24, 2.45) is 0 Å². The number of urea groups is 1. The monoisotopic (exact) mass is 311 g/mol. The van der Waals surface area contributed by atoms with E-state index < -0.39 is 0 Å². The average Bonchev–Trinajstić information content (AvgIpc) is 2.74. The molecule has 4 nitrogen and oxygen atoms in total. The molecule has 2 heterocycles. The number of pyridine rings is 1. The van der Waals surface area contributed by atoms with Crippen LogP contribution in [0.2, 0.25) is 0 Å². The first-order valence-electron chi connectivity index (χ1n) is 4.93. The number of amides is 2. The topological polar surface area (TPSA) is 54.0 Å². The molecule has 88 valence electrons. The van der Waals surface area contributed by atoms with E-state index in [0.717, 1.165) is 9.35 Å². The Bertz CT molecular complexity index is 500. The van der Waals surface area contributed by atoms with Gasteiger partial charge in [-0.2, -0.15) is 0 Å². The van der Waals surface area contributed by atoms with Gasteiger partial charge in [-0.1, -0.05) is 6.07 Å². The molecule has 0 radical (unpaired) electrons. The van der Waals surface area contributed by atoms with E-state index in [4.69, 9.17) is 0 Å². The molecule has 0 fully saturated rings. The van der Waals surface area contributed by atoms with Gasteiger partial charge in [-0.05, 0) is 45.1 Å². The second-order valence-electron chi connectivity index (χ2n) is 3.28. The molecule has 6 heteroatoms. The number of thiophene rings is 1. The van der Waals surface area contributed by atoms with Crippen LogP contribution in [-0.4, -0.2) is 11.0 Å². The van der Waals surface area contributed by atoms with E-state index >= 15 is 0 Å². The van der Waals surface area contributed by atoms with Crippen LogP contribution in [0.15, 0.2) is 39.6 Å². The van der Waals surface area contributed by atoms with Crippen molar-refractivity contribution >= 4 is 39.1 Å². The first-order chi connectivity index (χ1) is 8.24. The van der Waals surface area contributed by atoms with Gasteiger partial charge < -0.3 is 5.32 Å². The number of hydrogen-bond donors (Lipinski definition) is 2. The van der Waals surface area contributed by atoms with Crippen molar-refractivity contribution in [2.75, 3.05) is 5.32 Å². The van der Waals surface area contributed by atoms with Crippen molar-refractivity contribution in [3.8, 4) is 0 Å². The SMILES string of the molecule is O=C(NCc1csc(Br)c1)Nc1ccccn1. The van der Waals surface area contributed by atoms with Crippen LogP contribution in [0.3, 0.4) is 0 Å². The molecular weight excluding hydrogens is 302 g/mol. The summed E-state index contributed by atoms with van der Waals surface area (Å²) in [5.74, 6) is 0.538. The van der Waals surface area contributed by atoms with Crippen LogP contribution in [0.4, 0.5) is 10.6 Å². The van der Waals surface area contributed by atoms with Crippen molar-refractivity contribution < 1.29 is 4.79 Å². The molecule has 0 unspecified atom stereocenters. The third-order valence-electron chi connectivity index (χ3n) is 1.98. The molecule has 0 aromatic carbocycles. The molecule has 2 aromatic rings. The molecule has 17 heavy (non-hydrogen) atoms. The van der Waals surface area contributed by atoms with Gasteiger partial charge in [0.05, 0.1) is 3.79 Å². The molecule has 2 aromatic heterocycles. The largest absolute Gasteiger partial charge is 0.334 e. The highest BCUT2D eigenvalue weighted by atomic mass is 79.9. The first-order valence-corrected chi connectivity index (χ1v) is 6.60. The van der Waals surface area contributed by atoms with Crippen molar-refractivity contribution in [1.29, 1.82) is 0 Å². The van der Waals surface area contributed by atoms with E-state index in [9.17, 15) is 4.79 Å². The Labute approximate surface area is 111 Å². The lowest BCUT2D eigenvalue weighted by molar-refractivity contribution is 0.251. The fourth-order valence-corrected chi connectivity index (χ4v) is 2.43. The maximum absolute atomic E-state index is 11.5. The van der Waals surface area contributed by atoms with Crippen LogP contribution < -0.4 is 10.6 Å². The van der Waals surface area contributed by atoms with Crippen molar-refractivity contribution in [3.63, 3.8) is 0 Å². The zero-order valence-corrected chi connectivity index (χ0v) is 11.2. The molecule has 0 atom stereocenters. The van der Waals surface area contributed by atoms with Crippen LogP contribution in [0.5, 0.6) is 0 Å². The molecule has 0 aliphatic heterocycles. The second kappa shape index (κ2) is 5.79. The van der Waals surface area contributed by atoms with Gasteiger partial charge in [0, 0.05) is 12.7 Å². The van der Waals surface area contributed by atoms with Crippen LogP contribution in [0.25, 0.3) is 0 Å². The zero-order chi connectivity index (χ0) is 12.1. The predicted molar refractivity (Wildman–Crippen MR) is 72.1 cm³/mol. The smallest absolute Gasteiger partial charge is 0.320 e. The summed E-state index contributed by atoms with van der Waals surface area (Å²) in [4.78, 5) is 15.5. The Balaban J connectivity index is 1.82. The van der Waals surface area contributed by atoms with Crippen molar-refractivity contribution in [3.05, 3.63) is 45.2 Å². The zero-order valence-electron chi connectivity index (χ0n) is 8.81. The number of anilines is 1. The summed E-state index contributed by atoms with van der Waals surface area (Å²) in [5, 5.41) is 7.40. The molecule has 0 saturated carbocycles. The number of carbonyl (C=O) groups is 1. The normalized spacial score (nSPS) is 9.94. The number of rotatable bonds is 3. The van der Waals surface area contributed by atoms with Crippen LogP contribution in [-0.2, 0) is 6.54 Å². The van der Waals surface area contributed by atoms with Gasteiger partial charge in [-0.15, -0.1) is 11.3 Å². The summed E-state index contributed by atoms with van der Waals surface area (Å²) < 4.78 is 1.06. The molecule has 2 rings (SSSR count). The Morgan fingerprint density at radius 1 is 1.47 bits per heavy atom. The minimum atomic E-state index is -0.258. The van der Waals surface area contributed by atoms with Crippen LogP contribution in [0.1, 0.15) is 5.56 Å². The quantitative estimate of drug-likeness (QED) is 0.914. The lowest BCUT2D eigenvalue weighted by Gasteiger charge is -2.05. The standard InChI is InChI=1S/C11H10BrN3OS/c12-9-5-8(7-17-9)6-14-11(16)15-10-3-1-2-4-13-10/h1-5,7H,6H2,(H2,13,14,15,16). The van der Waals surface area contributed by atoms with E-state index in [1.54, 1.807) is 29.7 Å². The van der Waals surface area contributed by atoms with Crippen molar-refractivity contribution in [1.82, 2.24) is 10.3 Å². The lowest BCUT2D eigenvalue weighted by atomic mass is 10.3. The van der Waals surface area contributed by atoms with Crippen molar-refractivity contribution in [2.45, 2.75) is 6.54 Å².